The fourth-order valence-electron chi connectivity index (χ4n) is 4.04. The molecule has 0 saturated carbocycles. The van der Waals surface area contributed by atoms with Crippen LogP contribution in [-0.2, 0) is 0 Å². The molecule has 1 aromatic carbocycles. The van der Waals surface area contributed by atoms with Crippen LogP contribution in [0.1, 0.15) is 42.3 Å². The molecule has 150 valence electrons. The number of rotatable bonds is 5. The molecule has 1 aliphatic rings. The second kappa shape index (κ2) is 8.16. The van der Waals surface area contributed by atoms with Crippen molar-refractivity contribution < 1.29 is 4.74 Å². The van der Waals surface area contributed by atoms with Gasteiger partial charge in [0.25, 0.3) is 0 Å². The number of nitrogens with two attached hydrogens (primary N) is 2. The van der Waals surface area contributed by atoms with E-state index in [0.29, 0.717) is 11.5 Å². The molecule has 0 atom stereocenters. The highest BCUT2D eigenvalue weighted by Crippen LogP contribution is 2.29. The molecule has 1 aromatic heterocycles. The Morgan fingerprint density at radius 3 is 2.18 bits per heavy atom. The van der Waals surface area contributed by atoms with Crippen LogP contribution >= 0.6 is 0 Å². The summed E-state index contributed by atoms with van der Waals surface area (Å²) in [4.78, 5) is 2.08. The van der Waals surface area contributed by atoms with Gasteiger partial charge in [-0.15, -0.1) is 0 Å². The van der Waals surface area contributed by atoms with E-state index in [0.717, 1.165) is 59.9 Å². The molecular formula is C21H30N6O. The van der Waals surface area contributed by atoms with Gasteiger partial charge in [0.05, 0.1) is 0 Å². The molecule has 1 saturated heterocycles. The molecule has 0 aliphatic carbocycles. The quantitative estimate of drug-likeness (QED) is 0.361. The van der Waals surface area contributed by atoms with E-state index in [2.05, 4.69) is 9.47 Å². The highest BCUT2D eigenvalue weighted by atomic mass is 16.5. The van der Waals surface area contributed by atoms with Gasteiger partial charge in [-0.1, -0.05) is 0 Å². The third-order valence-corrected chi connectivity index (χ3v) is 5.46. The number of benzene rings is 1. The zero-order chi connectivity index (χ0) is 20.4. The number of nitrogens with one attached hydrogen (secondary N) is 2. The second-order valence-corrected chi connectivity index (χ2v) is 7.36. The van der Waals surface area contributed by atoms with E-state index < -0.39 is 0 Å². The summed E-state index contributed by atoms with van der Waals surface area (Å²) in [6, 6.07) is 7.93. The lowest BCUT2D eigenvalue weighted by Gasteiger charge is -2.32. The minimum atomic E-state index is 0.138. The zero-order valence-corrected chi connectivity index (χ0v) is 16.9. The zero-order valence-electron chi connectivity index (χ0n) is 16.9. The van der Waals surface area contributed by atoms with E-state index >= 15 is 0 Å². The minimum Gasteiger partial charge on any atom is -0.479 e. The van der Waals surface area contributed by atoms with Crippen LogP contribution in [0, 0.1) is 24.7 Å². The fraction of sp³-hybridized carbons (Fsp3) is 0.429. The van der Waals surface area contributed by atoms with Crippen molar-refractivity contribution in [2.45, 2.75) is 39.7 Å². The van der Waals surface area contributed by atoms with Crippen molar-refractivity contribution in [2.75, 3.05) is 19.8 Å². The maximum atomic E-state index is 8.87. The van der Waals surface area contributed by atoms with Gasteiger partial charge in [0.1, 0.15) is 18.3 Å². The minimum absolute atomic E-state index is 0.138. The van der Waals surface area contributed by atoms with E-state index in [4.69, 9.17) is 27.0 Å². The highest BCUT2D eigenvalue weighted by Gasteiger charge is 2.27. The Bertz CT molecular complexity index is 875. The predicted molar refractivity (Wildman–Crippen MR) is 113 cm³/mol. The fourth-order valence-corrected chi connectivity index (χ4v) is 4.04. The summed E-state index contributed by atoms with van der Waals surface area (Å²) in [6.45, 7) is 7.51. The van der Waals surface area contributed by atoms with Crippen LogP contribution in [0.5, 0.6) is 5.75 Å². The van der Waals surface area contributed by atoms with E-state index in [1.54, 1.807) is 6.92 Å². The van der Waals surface area contributed by atoms with Crippen molar-refractivity contribution in [3.63, 3.8) is 0 Å². The summed E-state index contributed by atoms with van der Waals surface area (Å²) >= 11 is 0. The number of piperidine rings is 1. The summed E-state index contributed by atoms with van der Waals surface area (Å²) in [6.07, 6.45) is 1.78. The Balaban J connectivity index is 2.04. The SMILES string of the molecule is CC(=N)c1c(C(=N)N2CCC(N)CC2)c(C)n(-c2ccc(OCN)cc2)c1C. The summed E-state index contributed by atoms with van der Waals surface area (Å²) in [5, 5.41) is 17.2. The largest absolute Gasteiger partial charge is 0.479 e. The van der Waals surface area contributed by atoms with Crippen LogP contribution < -0.4 is 16.2 Å². The molecule has 1 aliphatic heterocycles. The van der Waals surface area contributed by atoms with Gasteiger partial charge in [0, 0.05) is 53.0 Å². The van der Waals surface area contributed by atoms with Crippen molar-refractivity contribution in [2.24, 2.45) is 11.5 Å². The molecule has 1 fully saturated rings. The van der Waals surface area contributed by atoms with E-state index in [1.807, 2.05) is 38.1 Å². The lowest BCUT2D eigenvalue weighted by atomic mass is 10.0. The third kappa shape index (κ3) is 3.68. The number of hydrogen-bond acceptors (Lipinski definition) is 5. The first-order valence-electron chi connectivity index (χ1n) is 9.65. The molecule has 0 unspecified atom stereocenters. The molecule has 6 N–H and O–H groups in total. The van der Waals surface area contributed by atoms with Gasteiger partial charge >= 0.3 is 0 Å². The van der Waals surface area contributed by atoms with Crippen LogP contribution in [0.25, 0.3) is 5.69 Å². The van der Waals surface area contributed by atoms with Gasteiger partial charge in [0.15, 0.2) is 0 Å². The summed E-state index contributed by atoms with van der Waals surface area (Å²) in [5.41, 5.74) is 16.5. The van der Waals surface area contributed by atoms with Gasteiger partial charge in [0.2, 0.25) is 0 Å². The summed E-state index contributed by atoms with van der Waals surface area (Å²) < 4.78 is 7.44. The second-order valence-electron chi connectivity index (χ2n) is 7.36. The van der Waals surface area contributed by atoms with Crippen LogP contribution in [-0.4, -0.2) is 46.9 Å². The summed E-state index contributed by atoms with van der Waals surface area (Å²) in [5.74, 6) is 1.20. The van der Waals surface area contributed by atoms with Crippen LogP contribution in [0.15, 0.2) is 24.3 Å². The normalized spacial score (nSPS) is 15.0. The number of hydrogen-bond donors (Lipinski definition) is 4. The number of amidine groups is 1. The van der Waals surface area contributed by atoms with Crippen molar-refractivity contribution >= 4 is 11.5 Å². The van der Waals surface area contributed by atoms with Crippen LogP contribution in [0.4, 0.5) is 0 Å². The Morgan fingerprint density at radius 1 is 1.07 bits per heavy atom. The third-order valence-electron chi connectivity index (χ3n) is 5.46. The monoisotopic (exact) mass is 382 g/mol. The molecule has 0 spiro atoms. The molecule has 28 heavy (non-hydrogen) atoms. The van der Waals surface area contributed by atoms with Crippen molar-refractivity contribution in [1.29, 1.82) is 10.8 Å². The van der Waals surface area contributed by atoms with Gasteiger partial charge in [-0.2, -0.15) is 0 Å². The smallest absolute Gasteiger partial charge is 0.137 e. The Hall–Kier alpha value is -2.64. The molecule has 3 rings (SSSR count). The average molecular weight is 383 g/mol. The topological polar surface area (TPSA) is 117 Å². The van der Waals surface area contributed by atoms with E-state index in [9.17, 15) is 0 Å². The van der Waals surface area contributed by atoms with Gasteiger partial charge in [-0.05, 0) is 57.9 Å². The lowest BCUT2D eigenvalue weighted by Crippen LogP contribution is -2.43. The predicted octanol–water partition coefficient (Wildman–Crippen LogP) is 2.53. The molecule has 0 amide bonds. The summed E-state index contributed by atoms with van der Waals surface area (Å²) in [7, 11) is 0. The Labute approximate surface area is 166 Å². The van der Waals surface area contributed by atoms with E-state index in [1.165, 1.54) is 0 Å². The highest BCUT2D eigenvalue weighted by molar-refractivity contribution is 6.11. The maximum Gasteiger partial charge on any atom is 0.137 e. The van der Waals surface area contributed by atoms with Crippen molar-refractivity contribution in [3.05, 3.63) is 46.8 Å². The van der Waals surface area contributed by atoms with Crippen LogP contribution in [0.2, 0.25) is 0 Å². The standard InChI is InChI=1S/C21H30N6O/c1-13(23)19-14(2)27(17-4-6-18(7-5-17)28-12-22)15(3)20(19)21(25)26-10-8-16(24)9-11-26/h4-7,16,23,25H,8-12,22,24H2,1-3H3. The number of likely N-dealkylation sites (tertiary alicyclic amines) is 1. The molecule has 0 radical (unpaired) electrons. The van der Waals surface area contributed by atoms with Crippen LogP contribution in [0.3, 0.4) is 0 Å². The first-order valence-corrected chi connectivity index (χ1v) is 9.65. The number of nitrogens with zero attached hydrogens (tertiary/aromatic N) is 2. The van der Waals surface area contributed by atoms with Gasteiger partial charge in [-0.3, -0.25) is 11.1 Å². The maximum absolute atomic E-state index is 8.87. The molecule has 2 aromatic rings. The Morgan fingerprint density at radius 2 is 1.64 bits per heavy atom. The molecular weight excluding hydrogens is 352 g/mol. The number of ether oxygens (including phenoxy) is 1. The first kappa shape index (κ1) is 20.1. The average Bonchev–Trinajstić information content (AvgIpc) is 2.93. The number of aromatic nitrogens is 1. The molecule has 7 nitrogen and oxygen atoms in total. The molecule has 2 heterocycles. The first-order chi connectivity index (χ1) is 13.3. The lowest BCUT2D eigenvalue weighted by molar-refractivity contribution is 0.312. The van der Waals surface area contributed by atoms with E-state index in [-0.39, 0.29) is 12.8 Å². The Kier molecular flexibility index (Phi) is 5.86. The molecule has 7 heteroatoms. The van der Waals surface area contributed by atoms with Crippen molar-refractivity contribution in [1.82, 2.24) is 9.47 Å². The van der Waals surface area contributed by atoms with Gasteiger partial charge in [-0.25, -0.2) is 0 Å². The van der Waals surface area contributed by atoms with Crippen molar-refractivity contribution in [3.8, 4) is 11.4 Å². The van der Waals surface area contributed by atoms with Gasteiger partial charge < -0.3 is 25.3 Å². The molecule has 0 bridgehead atoms.